The molecule has 0 bridgehead atoms. The number of para-hydroxylation sites is 4. The van der Waals surface area contributed by atoms with Crippen LogP contribution >= 0.6 is 0 Å². The summed E-state index contributed by atoms with van der Waals surface area (Å²) in [5.74, 6) is -0.978. The molecule has 0 saturated heterocycles. The van der Waals surface area contributed by atoms with Crippen LogP contribution in [0.15, 0.2) is 212 Å². The van der Waals surface area contributed by atoms with Crippen molar-refractivity contribution in [3.8, 4) is 68.2 Å². The molecule has 5 aromatic heterocycles. The fourth-order valence-corrected chi connectivity index (χ4v) is 9.26. The quantitative estimate of drug-likeness (QED) is 0.119. The van der Waals surface area contributed by atoms with Crippen molar-refractivity contribution >= 4 is 0 Å². The van der Waals surface area contributed by atoms with Crippen LogP contribution in [0.2, 0.25) is 0 Å². The van der Waals surface area contributed by atoms with E-state index >= 15 is 0 Å². The van der Waals surface area contributed by atoms with Crippen LogP contribution in [0.25, 0.3) is 56.4 Å². The van der Waals surface area contributed by atoms with Crippen LogP contribution in [0.4, 0.5) is 13.2 Å². The Bertz CT molecular complexity index is 3950. The zero-order valence-electron chi connectivity index (χ0n) is 47.7. The van der Waals surface area contributed by atoms with E-state index in [2.05, 4.69) is 133 Å². The zero-order chi connectivity index (χ0) is 57.6. The topological polar surface area (TPSA) is 103 Å². The fourth-order valence-electron chi connectivity index (χ4n) is 9.26. The Labute approximate surface area is 557 Å². The molecule has 5 heterocycles. The first-order valence-electron chi connectivity index (χ1n) is 26.3. The van der Waals surface area contributed by atoms with E-state index in [1.807, 2.05) is 142 Å². The van der Waals surface area contributed by atoms with Gasteiger partial charge in [0.2, 0.25) is 11.8 Å². The largest absolute Gasteiger partial charge is 0.480 e. The van der Waals surface area contributed by atoms with Crippen molar-refractivity contribution in [2.45, 2.75) is 47.2 Å². The van der Waals surface area contributed by atoms with Crippen LogP contribution in [0.1, 0.15) is 45.2 Å². The molecule has 0 unspecified atom stereocenters. The van der Waals surface area contributed by atoms with Gasteiger partial charge < -0.3 is 9.47 Å². The molecule has 0 N–H and O–H groups in total. The molecule has 12 rings (SSSR count). The normalized spacial score (nSPS) is 10.3. The molecular formula is C68H58F3N9O2Pt4-4. The van der Waals surface area contributed by atoms with Crippen molar-refractivity contribution in [1.29, 1.82) is 0 Å². The maximum atomic E-state index is 13.0. The van der Waals surface area contributed by atoms with Gasteiger partial charge in [-0.15, -0.1) is 29.4 Å². The number of pyridine rings is 1. The van der Waals surface area contributed by atoms with E-state index in [1.165, 1.54) is 27.9 Å². The number of aromatic nitrogens is 9. The Morgan fingerprint density at radius 3 is 1.34 bits per heavy atom. The Morgan fingerprint density at radius 2 is 0.884 bits per heavy atom. The summed E-state index contributed by atoms with van der Waals surface area (Å²) in [5, 5.41) is 18.0. The molecule has 0 saturated carbocycles. The van der Waals surface area contributed by atoms with E-state index in [4.69, 9.17) is 14.9 Å². The number of hydrogen-bond acceptors (Lipinski definition) is 7. The van der Waals surface area contributed by atoms with Crippen molar-refractivity contribution in [3.05, 3.63) is 282 Å². The summed E-state index contributed by atoms with van der Waals surface area (Å²) in [6, 6.07) is 79.8. The van der Waals surface area contributed by atoms with Gasteiger partial charge in [-0.05, 0) is 86.2 Å². The Balaban J connectivity index is 0.000000207. The minimum Gasteiger partial charge on any atom is -0.480 e. The van der Waals surface area contributed by atoms with Crippen LogP contribution in [-0.2, 0) is 96.9 Å². The molecule has 0 aliphatic carbocycles. The third kappa shape index (κ3) is 16.6. The van der Waals surface area contributed by atoms with Crippen LogP contribution < -0.4 is 9.47 Å². The number of alkyl halides is 3. The maximum absolute atomic E-state index is 13.0. The SMILES string of the molecule is COc1nn(-c2[c-]cccc2)c(OC)c1C(F)(F)F.Cc1c(-c2ccccc2)c(-c2ccccc2)nn1-c1[c-]cccc1.Cc1c(Cc2ccccc2)nn(-c2[c-]cccc2)c1C.Cc1nn(-c2[c-]cccc2)c(C)c1-c1ccccn1.[Pt].[Pt].[Pt].[Pt]. The number of rotatable bonds is 11. The second kappa shape index (κ2) is 33.0. The number of methoxy groups -OCH3 is 2. The third-order valence-electron chi connectivity index (χ3n) is 13.3. The average Bonchev–Trinajstić information content (AvgIpc) is 2.97. The van der Waals surface area contributed by atoms with Gasteiger partial charge in [-0.3, -0.25) is 19.0 Å². The first-order valence-corrected chi connectivity index (χ1v) is 26.3. The predicted octanol–water partition coefficient (Wildman–Crippen LogP) is 15.2. The third-order valence-corrected chi connectivity index (χ3v) is 13.3. The molecule has 0 amide bonds. The summed E-state index contributed by atoms with van der Waals surface area (Å²) in [7, 11) is 2.27. The van der Waals surface area contributed by atoms with Gasteiger partial charge in [0.25, 0.3) is 0 Å². The van der Waals surface area contributed by atoms with Crippen LogP contribution in [0.5, 0.6) is 11.8 Å². The van der Waals surface area contributed by atoms with Crippen molar-refractivity contribution < 1.29 is 107 Å². The molecule has 0 radical (unpaired) electrons. The van der Waals surface area contributed by atoms with Crippen LogP contribution in [0.3, 0.4) is 0 Å². The second-order valence-corrected chi connectivity index (χ2v) is 18.7. The van der Waals surface area contributed by atoms with E-state index < -0.39 is 23.5 Å². The molecule has 12 aromatic rings. The summed E-state index contributed by atoms with van der Waals surface area (Å²) >= 11 is 0. The Morgan fingerprint density at radius 1 is 0.442 bits per heavy atom. The van der Waals surface area contributed by atoms with Gasteiger partial charge in [-0.1, -0.05) is 97.1 Å². The van der Waals surface area contributed by atoms with E-state index in [0.717, 1.165) is 87.7 Å². The molecule has 0 aliphatic heterocycles. The van der Waals surface area contributed by atoms with Crippen molar-refractivity contribution in [2.75, 3.05) is 14.2 Å². The summed E-state index contributed by atoms with van der Waals surface area (Å²) in [6.07, 6.45) is -1.95. The molecule has 7 aromatic carbocycles. The van der Waals surface area contributed by atoms with E-state index in [-0.39, 0.29) is 84.3 Å². The molecule has 0 aliphatic rings. The minimum absolute atomic E-state index is 0. The summed E-state index contributed by atoms with van der Waals surface area (Å²) in [4.78, 5) is 4.41. The minimum atomic E-state index is -4.62. The Hall–Kier alpha value is -7.33. The van der Waals surface area contributed by atoms with Crippen molar-refractivity contribution in [1.82, 2.24) is 44.1 Å². The van der Waals surface area contributed by atoms with Crippen molar-refractivity contribution in [2.24, 2.45) is 0 Å². The molecule has 452 valence electrons. The molecule has 86 heavy (non-hydrogen) atoms. The summed E-state index contributed by atoms with van der Waals surface area (Å²) < 4.78 is 55.3. The number of ether oxygens (including phenoxy) is 2. The molecule has 0 spiro atoms. The van der Waals surface area contributed by atoms with Gasteiger partial charge in [0.1, 0.15) is 5.69 Å². The molecule has 0 atom stereocenters. The van der Waals surface area contributed by atoms with Gasteiger partial charge in [-0.25, -0.2) is 4.68 Å². The monoisotopic (exact) mass is 1870 g/mol. The molecule has 11 nitrogen and oxygen atoms in total. The van der Waals surface area contributed by atoms with Crippen molar-refractivity contribution in [3.63, 3.8) is 0 Å². The number of hydrogen-bond donors (Lipinski definition) is 0. The number of aryl methyl sites for hydroxylation is 1. The molecule has 0 fully saturated rings. The van der Waals surface area contributed by atoms with Crippen LogP contribution in [-0.4, -0.2) is 58.3 Å². The second-order valence-electron chi connectivity index (χ2n) is 18.7. The standard InChI is InChI=1S/C22H17N2.C18H17N2.C16H14N3.C12H10F3N2O2.4Pt/c1-17-21(18-11-5-2-6-12-18)22(19-13-7-3-8-14-19)23-24(17)20-15-9-4-10-16-20;1-14-15(2)20(17-11-7-4-8-12-17)19-18(14)13-16-9-5-3-6-10-16;1-12-16(15-10-6-7-11-17-15)13(2)19(18-12)14-8-4-3-5-9-14;1-18-10-9(12(13,14)15)11(19-2)17(16-10)8-6-4-3-5-7-8;;;;/h2-15H,1H3;3-11H,13H2,1-2H3;3-8,10-11H,1-2H3;3-6H,1-2H3;;;;/q4*-1;;;;. The predicted molar refractivity (Wildman–Crippen MR) is 315 cm³/mol. The summed E-state index contributed by atoms with van der Waals surface area (Å²) in [5.41, 5.74) is 16.7. The van der Waals surface area contributed by atoms with E-state index in [1.54, 1.807) is 30.5 Å². The van der Waals surface area contributed by atoms with Gasteiger partial charge >= 0.3 is 6.18 Å². The molecular weight excluding hydrogens is 1810 g/mol. The number of benzene rings is 7. The number of nitrogens with zero attached hydrogens (tertiary/aromatic N) is 9. The zero-order valence-corrected chi connectivity index (χ0v) is 56.7. The van der Waals surface area contributed by atoms with Gasteiger partial charge in [-0.2, -0.15) is 126 Å². The van der Waals surface area contributed by atoms with Gasteiger partial charge in [0.15, 0.2) is 5.56 Å². The van der Waals surface area contributed by atoms with Gasteiger partial charge in [0, 0.05) is 131 Å². The van der Waals surface area contributed by atoms with Crippen LogP contribution in [0, 0.1) is 58.9 Å². The number of halogens is 3. The maximum Gasteiger partial charge on any atom is 0.426 e. The molecule has 18 heteroatoms. The van der Waals surface area contributed by atoms with E-state index in [0.29, 0.717) is 5.69 Å². The average molecular weight is 1870 g/mol. The fraction of sp³-hybridized carbons (Fsp3) is 0.132. The summed E-state index contributed by atoms with van der Waals surface area (Å²) in [6.45, 7) is 10.4. The first kappa shape index (κ1) is 69.4. The first-order chi connectivity index (χ1) is 39.9. The smallest absolute Gasteiger partial charge is 0.426 e. The van der Waals surface area contributed by atoms with E-state index in [9.17, 15) is 13.2 Å². The Kier molecular flexibility index (Phi) is 26.6. The van der Waals surface area contributed by atoms with Gasteiger partial charge in [0.05, 0.1) is 31.3 Å².